The van der Waals surface area contributed by atoms with Crippen molar-refractivity contribution in [1.29, 1.82) is 0 Å². The van der Waals surface area contributed by atoms with E-state index in [0.717, 1.165) is 31.7 Å². The first-order valence-electron chi connectivity index (χ1n) is 7.40. The molecule has 2 unspecified atom stereocenters. The Morgan fingerprint density at radius 3 is 2.76 bits per heavy atom. The number of hydrogen-bond donors (Lipinski definition) is 1. The zero-order valence-corrected chi connectivity index (χ0v) is 13.8. The minimum atomic E-state index is -0.444. The quantitative estimate of drug-likeness (QED) is 0.848. The maximum Gasteiger partial charge on any atom is 0.263 e. The van der Waals surface area contributed by atoms with Crippen LogP contribution in [0.2, 0.25) is 0 Å². The van der Waals surface area contributed by atoms with Crippen LogP contribution in [0, 0.1) is 0 Å². The summed E-state index contributed by atoms with van der Waals surface area (Å²) in [4.78, 5) is 15.6. The van der Waals surface area contributed by atoms with Crippen LogP contribution < -0.4 is 10.1 Å². The molecule has 5 heteroatoms. The van der Waals surface area contributed by atoms with Gasteiger partial charge in [-0.15, -0.1) is 11.8 Å². The highest BCUT2D eigenvalue weighted by molar-refractivity contribution is 7.98. The Kier molecular flexibility index (Phi) is 5.94. The molecule has 1 heterocycles. The van der Waals surface area contributed by atoms with Gasteiger partial charge in [0.25, 0.3) is 5.91 Å². The van der Waals surface area contributed by atoms with Gasteiger partial charge in [-0.05, 0) is 57.3 Å². The molecule has 0 aliphatic carbocycles. The van der Waals surface area contributed by atoms with Gasteiger partial charge in [0.15, 0.2) is 6.10 Å². The molecule has 1 aliphatic heterocycles. The van der Waals surface area contributed by atoms with E-state index in [2.05, 4.69) is 5.32 Å². The first kappa shape index (κ1) is 16.2. The molecular weight excluding hydrogens is 284 g/mol. The van der Waals surface area contributed by atoms with Crippen LogP contribution in [0.3, 0.4) is 0 Å². The Morgan fingerprint density at radius 1 is 1.43 bits per heavy atom. The van der Waals surface area contributed by atoms with Gasteiger partial charge in [-0.3, -0.25) is 4.79 Å². The van der Waals surface area contributed by atoms with Crippen LogP contribution in [0.1, 0.15) is 19.8 Å². The van der Waals surface area contributed by atoms with Crippen LogP contribution in [-0.4, -0.2) is 49.3 Å². The molecule has 0 saturated carbocycles. The fourth-order valence-electron chi connectivity index (χ4n) is 2.58. The van der Waals surface area contributed by atoms with E-state index in [4.69, 9.17) is 4.74 Å². The number of likely N-dealkylation sites (tertiary alicyclic amines) is 1. The summed E-state index contributed by atoms with van der Waals surface area (Å²) < 4.78 is 5.78. The van der Waals surface area contributed by atoms with E-state index in [-0.39, 0.29) is 5.91 Å². The van der Waals surface area contributed by atoms with Crippen molar-refractivity contribution in [3.8, 4) is 5.75 Å². The average molecular weight is 308 g/mol. The van der Waals surface area contributed by atoms with E-state index in [1.807, 2.05) is 49.4 Å². The number of carbonyl (C=O) groups is 1. The number of hydrogen-bond acceptors (Lipinski definition) is 4. The molecule has 1 fully saturated rings. The van der Waals surface area contributed by atoms with Gasteiger partial charge < -0.3 is 15.0 Å². The second-order valence-electron chi connectivity index (χ2n) is 5.35. The van der Waals surface area contributed by atoms with Crippen molar-refractivity contribution in [2.75, 3.05) is 26.4 Å². The number of nitrogens with zero attached hydrogens (tertiary/aromatic N) is 1. The standard InChI is InChI=1S/C16H24N2O2S/c1-12(20-14-6-8-15(21-3)9-7-14)16(19)18-10-4-5-13(11-18)17-2/h6-9,12-13,17H,4-5,10-11H2,1-3H3. The van der Waals surface area contributed by atoms with Gasteiger partial charge in [-0.1, -0.05) is 0 Å². The van der Waals surface area contributed by atoms with Gasteiger partial charge in [0, 0.05) is 24.0 Å². The molecule has 1 aliphatic rings. The Hall–Kier alpha value is -1.20. The summed E-state index contributed by atoms with van der Waals surface area (Å²) >= 11 is 1.69. The van der Waals surface area contributed by atoms with Crippen LogP contribution >= 0.6 is 11.8 Å². The number of nitrogens with one attached hydrogen (secondary N) is 1. The first-order valence-corrected chi connectivity index (χ1v) is 8.63. The number of rotatable bonds is 5. The number of ether oxygens (including phenoxy) is 1. The number of carbonyl (C=O) groups excluding carboxylic acids is 1. The normalized spacial score (nSPS) is 20.1. The van der Waals surface area contributed by atoms with E-state index in [0.29, 0.717) is 6.04 Å². The molecule has 1 aromatic carbocycles. The van der Waals surface area contributed by atoms with Crippen LogP contribution in [0.4, 0.5) is 0 Å². The van der Waals surface area contributed by atoms with Gasteiger partial charge in [-0.2, -0.15) is 0 Å². The molecule has 0 bridgehead atoms. The minimum Gasteiger partial charge on any atom is -0.481 e. The molecular formula is C16H24N2O2S. The van der Waals surface area contributed by atoms with Crippen LogP contribution in [0.5, 0.6) is 5.75 Å². The minimum absolute atomic E-state index is 0.0730. The summed E-state index contributed by atoms with van der Waals surface area (Å²) in [5, 5.41) is 3.25. The Bertz CT molecular complexity index is 464. The van der Waals surface area contributed by atoms with E-state index in [1.165, 1.54) is 4.90 Å². The lowest BCUT2D eigenvalue weighted by Gasteiger charge is -2.34. The third-order valence-electron chi connectivity index (χ3n) is 3.86. The summed E-state index contributed by atoms with van der Waals surface area (Å²) in [5.74, 6) is 0.819. The molecule has 4 nitrogen and oxygen atoms in total. The predicted octanol–water partition coefficient (Wildman–Crippen LogP) is 2.39. The Balaban J connectivity index is 1.92. The van der Waals surface area contributed by atoms with Gasteiger partial charge in [0.2, 0.25) is 0 Å². The second-order valence-corrected chi connectivity index (χ2v) is 6.23. The zero-order chi connectivity index (χ0) is 15.2. The van der Waals surface area contributed by atoms with E-state index in [9.17, 15) is 4.79 Å². The number of amides is 1. The highest BCUT2D eigenvalue weighted by atomic mass is 32.2. The molecule has 0 radical (unpaired) electrons. The summed E-state index contributed by atoms with van der Waals surface area (Å²) in [6, 6.07) is 8.25. The molecule has 0 spiro atoms. The fraction of sp³-hybridized carbons (Fsp3) is 0.562. The highest BCUT2D eigenvalue weighted by Crippen LogP contribution is 2.20. The summed E-state index contributed by atoms with van der Waals surface area (Å²) in [6.07, 6.45) is 3.77. The lowest BCUT2D eigenvalue weighted by atomic mass is 10.1. The van der Waals surface area contributed by atoms with E-state index >= 15 is 0 Å². The van der Waals surface area contributed by atoms with Crippen molar-refractivity contribution in [3.63, 3.8) is 0 Å². The number of piperidine rings is 1. The van der Waals surface area contributed by atoms with Gasteiger partial charge in [-0.25, -0.2) is 0 Å². The number of thioether (sulfide) groups is 1. The molecule has 1 N–H and O–H groups in total. The van der Waals surface area contributed by atoms with Crippen molar-refractivity contribution >= 4 is 17.7 Å². The molecule has 116 valence electrons. The topological polar surface area (TPSA) is 41.6 Å². The molecule has 1 amide bonds. The smallest absolute Gasteiger partial charge is 0.263 e. The lowest BCUT2D eigenvalue weighted by molar-refractivity contribution is -0.139. The average Bonchev–Trinajstić information content (AvgIpc) is 2.54. The van der Waals surface area contributed by atoms with E-state index in [1.54, 1.807) is 11.8 Å². The van der Waals surface area contributed by atoms with Crippen LogP contribution in [0.25, 0.3) is 0 Å². The second kappa shape index (κ2) is 7.71. The summed E-state index contributed by atoms with van der Waals surface area (Å²) in [7, 11) is 1.95. The Morgan fingerprint density at radius 2 is 2.14 bits per heavy atom. The molecule has 0 aromatic heterocycles. The third kappa shape index (κ3) is 4.38. The van der Waals surface area contributed by atoms with Crippen molar-refractivity contribution in [3.05, 3.63) is 24.3 Å². The maximum atomic E-state index is 12.5. The highest BCUT2D eigenvalue weighted by Gasteiger charge is 2.27. The summed E-state index contributed by atoms with van der Waals surface area (Å²) in [6.45, 7) is 3.43. The van der Waals surface area contributed by atoms with Crippen molar-refractivity contribution in [2.45, 2.75) is 36.8 Å². The number of benzene rings is 1. The first-order chi connectivity index (χ1) is 10.1. The molecule has 2 atom stereocenters. The zero-order valence-electron chi connectivity index (χ0n) is 13.0. The number of likely N-dealkylation sites (N-methyl/N-ethyl adjacent to an activating group) is 1. The summed E-state index contributed by atoms with van der Waals surface area (Å²) in [5.41, 5.74) is 0. The van der Waals surface area contributed by atoms with Crippen molar-refractivity contribution < 1.29 is 9.53 Å². The largest absolute Gasteiger partial charge is 0.481 e. The third-order valence-corrected chi connectivity index (χ3v) is 4.60. The molecule has 21 heavy (non-hydrogen) atoms. The SMILES string of the molecule is CNC1CCCN(C(=O)C(C)Oc2ccc(SC)cc2)C1. The van der Waals surface area contributed by atoms with Crippen LogP contribution in [0.15, 0.2) is 29.2 Å². The van der Waals surface area contributed by atoms with Crippen molar-refractivity contribution in [1.82, 2.24) is 10.2 Å². The molecule has 1 aromatic rings. The fourth-order valence-corrected chi connectivity index (χ4v) is 2.99. The monoisotopic (exact) mass is 308 g/mol. The predicted molar refractivity (Wildman–Crippen MR) is 87.0 cm³/mol. The van der Waals surface area contributed by atoms with Crippen LogP contribution in [-0.2, 0) is 4.79 Å². The van der Waals surface area contributed by atoms with Gasteiger partial charge in [0.1, 0.15) is 5.75 Å². The van der Waals surface area contributed by atoms with E-state index < -0.39 is 6.10 Å². The maximum absolute atomic E-state index is 12.5. The Labute approximate surface area is 131 Å². The lowest BCUT2D eigenvalue weighted by Crippen LogP contribution is -2.50. The van der Waals surface area contributed by atoms with Gasteiger partial charge in [0.05, 0.1) is 0 Å². The van der Waals surface area contributed by atoms with Gasteiger partial charge >= 0.3 is 0 Å². The molecule has 2 rings (SSSR count). The van der Waals surface area contributed by atoms with Crippen molar-refractivity contribution in [2.24, 2.45) is 0 Å². The molecule has 1 saturated heterocycles.